The van der Waals surface area contributed by atoms with Gasteiger partial charge >= 0.3 is 0 Å². The molecule has 4 aromatic rings. The Kier molecular flexibility index (Phi) is 2.91. The number of carbonyl (C=O) groups is 2. The van der Waals surface area contributed by atoms with Gasteiger partial charge < -0.3 is 0 Å². The average molecular weight is 344 g/mol. The van der Waals surface area contributed by atoms with Crippen molar-refractivity contribution >= 4 is 45.1 Å². The quantitative estimate of drug-likeness (QED) is 0.474. The third-order valence-corrected chi connectivity index (χ3v) is 5.40. The smallest absolute Gasteiger partial charge is 0.171 e. The van der Waals surface area contributed by atoms with Crippen molar-refractivity contribution in [2.24, 2.45) is 0 Å². The first-order valence-corrected chi connectivity index (χ1v) is 8.72. The van der Waals surface area contributed by atoms with Crippen LogP contribution in [0.5, 0.6) is 0 Å². The van der Waals surface area contributed by atoms with Gasteiger partial charge in [0.2, 0.25) is 0 Å². The molecule has 0 fully saturated rings. The van der Waals surface area contributed by atoms with Crippen molar-refractivity contribution in [2.75, 3.05) is 0 Å². The fraction of sp³-hybridized carbons (Fsp3) is 0.100. The molecule has 25 heavy (non-hydrogen) atoms. The number of nitrogens with zero attached hydrogens (tertiary/aromatic N) is 2. The van der Waals surface area contributed by atoms with Gasteiger partial charge in [0.05, 0.1) is 18.1 Å². The highest BCUT2D eigenvalue weighted by molar-refractivity contribution is 7.00. The largest absolute Gasteiger partial charge is 0.294 e. The van der Waals surface area contributed by atoms with Crippen LogP contribution in [-0.4, -0.2) is 20.3 Å². The maximum absolute atomic E-state index is 12.3. The van der Waals surface area contributed by atoms with Gasteiger partial charge in [0, 0.05) is 22.1 Å². The lowest BCUT2D eigenvalue weighted by Gasteiger charge is -2.18. The van der Waals surface area contributed by atoms with E-state index in [1.165, 1.54) is 11.7 Å². The number of ketones is 2. The van der Waals surface area contributed by atoms with Crippen LogP contribution in [0.3, 0.4) is 0 Å². The zero-order valence-electron chi connectivity index (χ0n) is 13.4. The zero-order valence-corrected chi connectivity index (χ0v) is 14.2. The van der Waals surface area contributed by atoms with Gasteiger partial charge in [-0.15, -0.1) is 0 Å². The van der Waals surface area contributed by atoms with Gasteiger partial charge in [-0.2, -0.15) is 8.75 Å². The molecular formula is C20H12N2O2S. The summed E-state index contributed by atoms with van der Waals surface area (Å²) in [6.07, 6.45) is -0.0454. The fourth-order valence-electron chi connectivity index (χ4n) is 3.65. The molecule has 0 aliphatic heterocycles. The van der Waals surface area contributed by atoms with Crippen molar-refractivity contribution in [1.82, 2.24) is 8.75 Å². The van der Waals surface area contributed by atoms with E-state index in [2.05, 4.69) is 8.75 Å². The number of rotatable bonds is 1. The van der Waals surface area contributed by atoms with Crippen molar-refractivity contribution in [3.8, 4) is 11.1 Å². The molecule has 0 N–H and O–H groups in total. The summed E-state index contributed by atoms with van der Waals surface area (Å²) in [5.41, 5.74) is 6.06. The van der Waals surface area contributed by atoms with Crippen LogP contribution >= 0.6 is 11.7 Å². The second kappa shape index (κ2) is 5.04. The Balaban J connectivity index is 1.92. The lowest BCUT2D eigenvalue weighted by Crippen LogP contribution is -2.16. The molecule has 3 aromatic carbocycles. The number of aromatic nitrogens is 2. The van der Waals surface area contributed by atoms with Crippen LogP contribution < -0.4 is 0 Å². The summed E-state index contributed by atoms with van der Waals surface area (Å²) >= 11 is 1.20. The molecule has 4 nitrogen and oxygen atoms in total. The maximum Gasteiger partial charge on any atom is 0.171 e. The predicted molar refractivity (Wildman–Crippen MR) is 98.4 cm³/mol. The summed E-state index contributed by atoms with van der Waals surface area (Å²) < 4.78 is 8.86. The van der Waals surface area contributed by atoms with E-state index >= 15 is 0 Å². The van der Waals surface area contributed by atoms with Crippen LogP contribution in [0.15, 0.2) is 42.5 Å². The summed E-state index contributed by atoms with van der Waals surface area (Å²) in [7, 11) is 0. The molecule has 0 spiro atoms. The Bertz CT molecular complexity index is 1200. The SMILES string of the molecule is Cc1ccc(-c2ccc3c4c(cccc24)C(=O)CC3=O)c2nsnc12. The minimum Gasteiger partial charge on any atom is -0.294 e. The highest BCUT2D eigenvalue weighted by atomic mass is 32.1. The monoisotopic (exact) mass is 344 g/mol. The van der Waals surface area contributed by atoms with Gasteiger partial charge in [-0.1, -0.05) is 42.5 Å². The topological polar surface area (TPSA) is 59.9 Å². The molecule has 0 amide bonds. The molecule has 0 saturated heterocycles. The molecule has 1 heterocycles. The summed E-state index contributed by atoms with van der Waals surface area (Å²) in [4.78, 5) is 24.6. The summed E-state index contributed by atoms with van der Waals surface area (Å²) in [6, 6.07) is 13.5. The molecule has 0 unspecified atom stereocenters. The number of Topliss-reactive ketones (excluding diaryl/α,β-unsaturated/α-hetero) is 2. The molecule has 0 radical (unpaired) electrons. The lowest BCUT2D eigenvalue weighted by atomic mass is 9.84. The number of hydrogen-bond donors (Lipinski definition) is 0. The number of fused-ring (bicyclic) bond motifs is 1. The van der Waals surface area contributed by atoms with Crippen LogP contribution in [-0.2, 0) is 0 Å². The Morgan fingerprint density at radius 3 is 2.32 bits per heavy atom. The molecule has 1 aromatic heterocycles. The van der Waals surface area contributed by atoms with Gasteiger partial charge in [-0.3, -0.25) is 9.59 Å². The standard InChI is InChI=1S/C20H12N2O2S/c1-10-5-6-13(20-19(10)21-25-22-20)11-7-8-15-17(24)9-16(23)14-4-2-3-12(11)18(14)15/h2-8H,9H2,1H3. The molecule has 0 bridgehead atoms. The van der Waals surface area contributed by atoms with Gasteiger partial charge in [0.25, 0.3) is 0 Å². The normalized spacial score (nSPS) is 13.8. The molecule has 0 atom stereocenters. The van der Waals surface area contributed by atoms with E-state index in [1.807, 2.05) is 43.3 Å². The van der Waals surface area contributed by atoms with Gasteiger partial charge in [-0.05, 0) is 23.4 Å². The van der Waals surface area contributed by atoms with E-state index in [9.17, 15) is 9.59 Å². The first-order chi connectivity index (χ1) is 12.1. The van der Waals surface area contributed by atoms with Crippen molar-refractivity contribution in [3.63, 3.8) is 0 Å². The van der Waals surface area contributed by atoms with E-state index in [0.29, 0.717) is 11.1 Å². The molecule has 5 rings (SSSR count). The van der Waals surface area contributed by atoms with E-state index < -0.39 is 0 Å². The van der Waals surface area contributed by atoms with Gasteiger partial charge in [-0.25, -0.2) is 0 Å². The molecule has 5 heteroatoms. The Hall–Kier alpha value is -2.92. The van der Waals surface area contributed by atoms with Gasteiger partial charge in [0.15, 0.2) is 11.6 Å². The van der Waals surface area contributed by atoms with Crippen LogP contribution in [0, 0.1) is 6.92 Å². The first-order valence-electron chi connectivity index (χ1n) is 7.99. The van der Waals surface area contributed by atoms with Crippen LogP contribution in [0.4, 0.5) is 0 Å². The highest BCUT2D eigenvalue weighted by Crippen LogP contribution is 2.38. The molecular weight excluding hydrogens is 332 g/mol. The van der Waals surface area contributed by atoms with E-state index in [0.717, 1.165) is 38.5 Å². The number of benzene rings is 3. The third-order valence-electron chi connectivity index (χ3n) is 4.87. The Morgan fingerprint density at radius 2 is 1.48 bits per heavy atom. The maximum atomic E-state index is 12.3. The average Bonchev–Trinajstić information content (AvgIpc) is 3.10. The van der Waals surface area contributed by atoms with E-state index in [-0.39, 0.29) is 18.0 Å². The van der Waals surface area contributed by atoms with Crippen molar-refractivity contribution in [3.05, 3.63) is 59.2 Å². The fourth-order valence-corrected chi connectivity index (χ4v) is 4.27. The minimum atomic E-state index is -0.107. The number of aryl methyl sites for hydroxylation is 1. The summed E-state index contributed by atoms with van der Waals surface area (Å²) in [6.45, 7) is 2.02. The van der Waals surface area contributed by atoms with Crippen molar-refractivity contribution in [2.45, 2.75) is 13.3 Å². The number of hydrogen-bond acceptors (Lipinski definition) is 5. The number of carbonyl (C=O) groups excluding carboxylic acids is 2. The van der Waals surface area contributed by atoms with Crippen molar-refractivity contribution in [1.29, 1.82) is 0 Å². The van der Waals surface area contributed by atoms with Crippen molar-refractivity contribution < 1.29 is 9.59 Å². The lowest BCUT2D eigenvalue weighted by molar-refractivity contribution is 0.0890. The minimum absolute atomic E-state index is 0.0454. The Morgan fingerprint density at radius 1 is 0.800 bits per heavy atom. The highest BCUT2D eigenvalue weighted by Gasteiger charge is 2.26. The van der Waals surface area contributed by atoms with Crippen LogP contribution in [0.2, 0.25) is 0 Å². The second-order valence-corrected chi connectivity index (χ2v) is 6.83. The van der Waals surface area contributed by atoms with Crippen LogP contribution in [0.25, 0.3) is 32.9 Å². The van der Waals surface area contributed by atoms with Gasteiger partial charge in [0.1, 0.15) is 11.0 Å². The third kappa shape index (κ3) is 1.93. The van der Waals surface area contributed by atoms with E-state index in [1.54, 1.807) is 6.07 Å². The molecule has 1 aliphatic rings. The summed E-state index contributed by atoms with van der Waals surface area (Å²) in [5.74, 6) is -0.214. The zero-order chi connectivity index (χ0) is 17.1. The first kappa shape index (κ1) is 14.4. The second-order valence-electron chi connectivity index (χ2n) is 6.30. The Labute approximate surface area is 147 Å². The van der Waals surface area contributed by atoms with Crippen LogP contribution in [0.1, 0.15) is 32.7 Å². The molecule has 0 saturated carbocycles. The summed E-state index contributed by atoms with van der Waals surface area (Å²) in [5, 5.41) is 1.67. The predicted octanol–water partition coefficient (Wildman–Crippen LogP) is 4.59. The van der Waals surface area contributed by atoms with E-state index in [4.69, 9.17) is 0 Å². The molecule has 120 valence electrons. The molecule has 1 aliphatic carbocycles.